The van der Waals surface area contributed by atoms with Crippen LogP contribution in [0.1, 0.15) is 22.3 Å². The number of hydrogen-bond acceptors (Lipinski definition) is 7. The van der Waals surface area contributed by atoms with Crippen molar-refractivity contribution in [2.75, 3.05) is 19.6 Å². The lowest BCUT2D eigenvalue weighted by Crippen LogP contribution is -2.14. The van der Waals surface area contributed by atoms with Crippen LogP contribution in [0.4, 0.5) is 68.2 Å². The van der Waals surface area contributed by atoms with Crippen LogP contribution in [0.15, 0.2) is 218 Å². The van der Waals surface area contributed by atoms with Crippen molar-refractivity contribution in [1.82, 2.24) is 8.75 Å². The van der Waals surface area contributed by atoms with Gasteiger partial charge in [0, 0.05) is 56.9 Å². The second-order valence-electron chi connectivity index (χ2n) is 16.5. The molecular weight excluding hydrogens is 813 g/mol. The van der Waals surface area contributed by atoms with Gasteiger partial charge < -0.3 is 19.6 Å². The Labute approximate surface area is 385 Å². The molecule has 65 heavy (non-hydrogen) atoms. The van der Waals surface area contributed by atoms with Crippen LogP contribution >= 0.6 is 11.7 Å². The first-order chi connectivity index (χ1) is 31.9. The summed E-state index contributed by atoms with van der Waals surface area (Å²) >= 11 is 1.24. The third kappa shape index (κ3) is 8.45. The first-order valence-electron chi connectivity index (χ1n) is 21.9. The van der Waals surface area contributed by atoms with Gasteiger partial charge >= 0.3 is 0 Å². The number of anilines is 12. The zero-order valence-corrected chi connectivity index (χ0v) is 37.7. The molecule has 0 unspecified atom stereocenters. The molecule has 0 saturated heterocycles. The van der Waals surface area contributed by atoms with Gasteiger partial charge in [-0.15, -0.1) is 0 Å². The molecule has 0 N–H and O–H groups in total. The van der Waals surface area contributed by atoms with Gasteiger partial charge in [-0.2, -0.15) is 8.75 Å². The van der Waals surface area contributed by atoms with Crippen LogP contribution in [0.3, 0.4) is 0 Å². The molecule has 0 aliphatic rings. The van der Waals surface area contributed by atoms with Crippen LogP contribution in [0, 0.1) is 27.7 Å². The lowest BCUT2D eigenvalue weighted by molar-refractivity contribution is 1.24. The summed E-state index contributed by atoms with van der Waals surface area (Å²) in [6.45, 7) is 8.49. The predicted octanol–water partition coefficient (Wildman–Crippen LogP) is 16.8. The minimum absolute atomic E-state index is 0.823. The highest BCUT2D eigenvalue weighted by atomic mass is 32.1. The molecule has 6 nitrogen and oxygen atoms in total. The van der Waals surface area contributed by atoms with Crippen molar-refractivity contribution in [3.05, 3.63) is 241 Å². The maximum Gasteiger partial charge on any atom is 0.130 e. The normalized spacial score (nSPS) is 11.1. The molecule has 1 heterocycles. The summed E-state index contributed by atoms with van der Waals surface area (Å²) < 4.78 is 10.0. The number of aryl methyl sites for hydroxylation is 4. The highest BCUT2D eigenvalue weighted by Crippen LogP contribution is 2.46. The second-order valence-corrected chi connectivity index (χ2v) is 17.0. The third-order valence-corrected chi connectivity index (χ3v) is 12.3. The Balaban J connectivity index is 1.05. The summed E-state index contributed by atoms with van der Waals surface area (Å²) in [5, 5.41) is 0. The van der Waals surface area contributed by atoms with Gasteiger partial charge in [0.05, 0.1) is 23.1 Å². The van der Waals surface area contributed by atoms with E-state index in [1.165, 1.54) is 34.0 Å². The lowest BCUT2D eigenvalue weighted by atomic mass is 10.1. The van der Waals surface area contributed by atoms with Crippen LogP contribution in [-0.4, -0.2) is 8.75 Å². The van der Waals surface area contributed by atoms with Crippen molar-refractivity contribution in [2.45, 2.75) is 27.7 Å². The number of fused-ring (bicyclic) bond motifs is 1. The molecule has 0 fully saturated rings. The minimum Gasteiger partial charge on any atom is -0.311 e. The molecular formula is C58H48N6S. The summed E-state index contributed by atoms with van der Waals surface area (Å²) in [7, 11) is 0. The minimum atomic E-state index is 0.823. The van der Waals surface area contributed by atoms with Crippen molar-refractivity contribution in [3.8, 4) is 0 Å². The van der Waals surface area contributed by atoms with Gasteiger partial charge in [0.25, 0.3) is 0 Å². The van der Waals surface area contributed by atoms with E-state index in [1.807, 2.05) is 0 Å². The number of rotatable bonds is 12. The summed E-state index contributed by atoms with van der Waals surface area (Å²) in [5.74, 6) is 0. The number of benzene rings is 9. The van der Waals surface area contributed by atoms with Crippen molar-refractivity contribution < 1.29 is 0 Å². The van der Waals surface area contributed by atoms with E-state index >= 15 is 0 Å². The van der Waals surface area contributed by atoms with Crippen molar-refractivity contribution in [2.24, 2.45) is 0 Å². The number of hydrogen-bond donors (Lipinski definition) is 0. The van der Waals surface area contributed by atoms with E-state index in [-0.39, 0.29) is 0 Å². The number of para-hydroxylation sites is 2. The topological polar surface area (TPSA) is 38.7 Å². The fourth-order valence-corrected chi connectivity index (χ4v) is 8.95. The van der Waals surface area contributed by atoms with E-state index < -0.39 is 0 Å². The first kappa shape index (κ1) is 41.0. The van der Waals surface area contributed by atoms with Gasteiger partial charge in [0.2, 0.25) is 0 Å². The average Bonchev–Trinajstić information content (AvgIpc) is 3.85. The third-order valence-electron chi connectivity index (χ3n) is 11.8. The van der Waals surface area contributed by atoms with E-state index in [4.69, 9.17) is 8.75 Å². The molecule has 7 heteroatoms. The Morgan fingerprint density at radius 2 is 0.462 bits per heavy atom. The summed E-state index contributed by atoms with van der Waals surface area (Å²) in [6, 6.07) is 77.8. The zero-order valence-electron chi connectivity index (χ0n) is 36.9. The van der Waals surface area contributed by atoms with Crippen molar-refractivity contribution >= 4 is 91.0 Å². The van der Waals surface area contributed by atoms with E-state index in [0.717, 1.165) is 79.3 Å². The monoisotopic (exact) mass is 860 g/mol. The van der Waals surface area contributed by atoms with Crippen LogP contribution in [-0.2, 0) is 0 Å². The molecule has 0 spiro atoms. The molecule has 316 valence electrons. The summed E-state index contributed by atoms with van der Waals surface area (Å²) in [4.78, 5) is 9.18. The molecule has 9 aromatic carbocycles. The Morgan fingerprint density at radius 1 is 0.246 bits per heavy atom. The smallest absolute Gasteiger partial charge is 0.130 e. The molecule has 1 aromatic heterocycles. The van der Waals surface area contributed by atoms with E-state index in [9.17, 15) is 0 Å². The maximum absolute atomic E-state index is 5.02. The predicted molar refractivity (Wildman–Crippen MR) is 275 cm³/mol. The Kier molecular flexibility index (Phi) is 11.4. The fraction of sp³-hybridized carbons (Fsp3) is 0.0690. The molecule has 0 saturated carbocycles. The van der Waals surface area contributed by atoms with Gasteiger partial charge in [-0.25, -0.2) is 0 Å². The van der Waals surface area contributed by atoms with Crippen LogP contribution in [0.25, 0.3) is 11.0 Å². The van der Waals surface area contributed by atoms with Crippen molar-refractivity contribution in [3.63, 3.8) is 0 Å². The van der Waals surface area contributed by atoms with Crippen molar-refractivity contribution in [1.29, 1.82) is 0 Å². The molecule has 0 amide bonds. The van der Waals surface area contributed by atoms with E-state index in [0.29, 0.717) is 0 Å². The van der Waals surface area contributed by atoms with Crippen LogP contribution in [0.5, 0.6) is 0 Å². The Bertz CT molecular complexity index is 2840. The summed E-state index contributed by atoms with van der Waals surface area (Å²) in [6.07, 6.45) is 0. The lowest BCUT2D eigenvalue weighted by Gasteiger charge is -2.30. The molecule has 0 bridgehead atoms. The average molecular weight is 861 g/mol. The van der Waals surface area contributed by atoms with Gasteiger partial charge in [0.15, 0.2) is 0 Å². The molecule has 0 aliphatic heterocycles. The largest absolute Gasteiger partial charge is 0.311 e. The van der Waals surface area contributed by atoms with Crippen LogP contribution in [0.2, 0.25) is 0 Å². The summed E-state index contributed by atoms with van der Waals surface area (Å²) in [5.41, 5.74) is 19.1. The van der Waals surface area contributed by atoms with E-state index in [1.54, 1.807) is 0 Å². The highest BCUT2D eigenvalue weighted by Gasteiger charge is 2.24. The number of nitrogens with zero attached hydrogens (tertiary/aromatic N) is 6. The number of aromatic nitrogens is 2. The molecule has 10 aromatic rings. The van der Waals surface area contributed by atoms with Gasteiger partial charge in [0.1, 0.15) is 11.0 Å². The van der Waals surface area contributed by atoms with Crippen LogP contribution < -0.4 is 19.6 Å². The Morgan fingerprint density at radius 3 is 0.723 bits per heavy atom. The Hall–Kier alpha value is -8.00. The molecule has 0 atom stereocenters. The first-order valence-corrected chi connectivity index (χ1v) is 22.6. The van der Waals surface area contributed by atoms with Gasteiger partial charge in [-0.1, -0.05) is 107 Å². The standard InChI is InChI=1S/C58H48N6S/c1-41-15-23-47(24-16-41)61(48-25-17-42(2)18-26-48)51-31-35-53(36-32-51)63(45-11-7-5-8-12-45)55-39-40-56(58-57(55)59-65-60-58)64(46-13-9-6-10-14-46)54-37-33-52(34-38-54)62(49-27-19-43(3)20-28-49)50-29-21-44(4)22-30-50/h5-40H,1-4H3. The molecule has 0 radical (unpaired) electrons. The maximum atomic E-state index is 5.02. The molecule has 10 rings (SSSR count). The van der Waals surface area contributed by atoms with Gasteiger partial charge in [-0.05, 0) is 161 Å². The highest BCUT2D eigenvalue weighted by molar-refractivity contribution is 7.00. The SMILES string of the molecule is Cc1ccc(N(c2ccc(C)cc2)c2ccc(N(c3ccccc3)c3ccc(N(c4ccccc4)c4ccc(N(c5ccc(C)cc5)c5ccc(C)cc5)cc4)c4nsnc34)cc2)cc1. The van der Waals surface area contributed by atoms with E-state index in [2.05, 4.69) is 266 Å². The fourth-order valence-electron chi connectivity index (χ4n) is 8.38. The zero-order chi connectivity index (χ0) is 44.3. The molecule has 0 aliphatic carbocycles. The second kappa shape index (κ2) is 18.0. The van der Waals surface area contributed by atoms with Gasteiger partial charge in [-0.3, -0.25) is 0 Å². The quantitative estimate of drug-likeness (QED) is 0.122.